The summed E-state index contributed by atoms with van der Waals surface area (Å²) in [5, 5.41) is 5.31. The van der Waals surface area contributed by atoms with Crippen molar-refractivity contribution < 1.29 is 35.9 Å². The van der Waals surface area contributed by atoms with Crippen molar-refractivity contribution >= 4 is 49.2 Å². The van der Waals surface area contributed by atoms with E-state index in [-0.39, 0.29) is 29.7 Å². The number of aryl methyl sites for hydroxylation is 1. The second-order valence-corrected chi connectivity index (χ2v) is 14.8. The van der Waals surface area contributed by atoms with Crippen LogP contribution >= 0.6 is 0 Å². The number of nitrogens with two attached hydrogens (primary N) is 1. The summed E-state index contributed by atoms with van der Waals surface area (Å²) in [6, 6.07) is 8.25. The third-order valence-corrected chi connectivity index (χ3v) is 10.5. The Morgan fingerprint density at radius 3 is 2.20 bits per heavy atom. The van der Waals surface area contributed by atoms with Crippen LogP contribution in [0.3, 0.4) is 0 Å². The maximum Gasteiger partial charge on any atom is 0.249 e. The van der Waals surface area contributed by atoms with Crippen molar-refractivity contribution in [2.75, 3.05) is 35.8 Å². The molecule has 4 N–H and O–H groups in total. The number of guanidine groups is 1. The van der Waals surface area contributed by atoms with Crippen LogP contribution in [0.25, 0.3) is 0 Å². The first-order valence-corrected chi connectivity index (χ1v) is 17.8. The average Bonchev–Trinajstić information content (AvgIpc) is 2.93. The van der Waals surface area contributed by atoms with Gasteiger partial charge in [0.05, 0.1) is 38.8 Å². The summed E-state index contributed by atoms with van der Waals surface area (Å²) < 4.78 is 60.0. The first-order valence-electron chi connectivity index (χ1n) is 14.1. The monoisotopic (exact) mass is 651 g/mol. The van der Waals surface area contributed by atoms with E-state index in [0.29, 0.717) is 32.8 Å². The molecule has 1 fully saturated rings. The lowest BCUT2D eigenvalue weighted by atomic mass is 9.84. The van der Waals surface area contributed by atoms with Crippen molar-refractivity contribution in [3.05, 3.63) is 47.5 Å². The summed E-state index contributed by atoms with van der Waals surface area (Å²) in [6.45, 7) is 1.69. The summed E-state index contributed by atoms with van der Waals surface area (Å²) in [4.78, 5) is 30.7. The lowest BCUT2D eigenvalue weighted by molar-refractivity contribution is -0.119. The Labute approximate surface area is 259 Å². The van der Waals surface area contributed by atoms with Gasteiger partial charge >= 0.3 is 0 Å². The van der Waals surface area contributed by atoms with Crippen LogP contribution in [0.15, 0.2) is 41.4 Å². The van der Waals surface area contributed by atoms with Crippen molar-refractivity contribution in [1.82, 2.24) is 5.32 Å². The van der Waals surface area contributed by atoms with Crippen molar-refractivity contribution in [1.29, 1.82) is 0 Å². The van der Waals surface area contributed by atoms with Crippen LogP contribution < -0.4 is 29.6 Å². The van der Waals surface area contributed by atoms with Gasteiger partial charge in [-0.25, -0.2) is 21.8 Å². The number of hydrogen-bond donors (Lipinski definition) is 3. The molecule has 1 saturated carbocycles. The van der Waals surface area contributed by atoms with Crippen LogP contribution in [0.5, 0.6) is 11.5 Å². The molecule has 0 heterocycles. The molecule has 1 aliphatic rings. The van der Waals surface area contributed by atoms with Crippen molar-refractivity contribution in [3.8, 4) is 11.5 Å². The molecule has 0 saturated heterocycles. The molecule has 44 heavy (non-hydrogen) atoms. The fourth-order valence-corrected chi connectivity index (χ4v) is 8.18. The summed E-state index contributed by atoms with van der Waals surface area (Å²) in [5.41, 5.74) is 7.39. The van der Waals surface area contributed by atoms with Crippen LogP contribution in [0.1, 0.15) is 49.7 Å². The van der Waals surface area contributed by atoms with E-state index in [0.717, 1.165) is 44.6 Å². The van der Waals surface area contributed by atoms with Gasteiger partial charge in [-0.15, -0.1) is 0 Å². The molecule has 1 aliphatic carbocycles. The van der Waals surface area contributed by atoms with Crippen LogP contribution in [0.4, 0.5) is 11.4 Å². The fraction of sp³-hybridized carbons (Fsp3) is 0.483. The molecule has 0 spiro atoms. The minimum atomic E-state index is -4.19. The highest BCUT2D eigenvalue weighted by molar-refractivity contribution is 8.09. The first kappa shape index (κ1) is 34.6. The Kier molecular flexibility index (Phi) is 11.6. The van der Waals surface area contributed by atoms with Gasteiger partial charge in [0, 0.05) is 5.69 Å². The van der Waals surface area contributed by atoms with Gasteiger partial charge in [-0.05, 0) is 54.7 Å². The zero-order valence-electron chi connectivity index (χ0n) is 25.6. The molecule has 0 aliphatic heterocycles. The lowest BCUT2D eigenvalue weighted by Gasteiger charge is -2.25. The zero-order chi connectivity index (χ0) is 32.7. The minimum Gasteiger partial charge on any atom is -0.493 e. The van der Waals surface area contributed by atoms with Gasteiger partial charge in [-0.2, -0.15) is 3.71 Å². The number of rotatable bonds is 12. The largest absolute Gasteiger partial charge is 0.493 e. The Balaban J connectivity index is 1.84. The van der Waals surface area contributed by atoms with Crippen LogP contribution in [0.2, 0.25) is 0 Å². The summed E-state index contributed by atoms with van der Waals surface area (Å²) in [5.74, 6) is 0.0161. The number of nitrogens with one attached hydrogen (secondary N) is 2. The molecule has 15 heteroatoms. The second kappa shape index (κ2) is 14.8. The topological polar surface area (TPSA) is 187 Å². The Morgan fingerprint density at radius 2 is 1.61 bits per heavy atom. The van der Waals surface area contributed by atoms with Crippen LogP contribution in [-0.4, -0.2) is 67.4 Å². The highest BCUT2D eigenvalue weighted by atomic mass is 32.3. The van der Waals surface area contributed by atoms with E-state index in [4.69, 9.17) is 15.2 Å². The SMILES string of the molecule is COc1ccc(CC(=O)NC(N)=N[C@H](CC2CCCCC2)C(=O)Nc2cc(N(S(C)(=O)=O)S(C)(=O)=O)ccc2C)cc1OC. The van der Waals surface area contributed by atoms with E-state index in [2.05, 4.69) is 15.6 Å². The third-order valence-electron chi connectivity index (χ3n) is 7.25. The Bertz CT molecular complexity index is 1570. The van der Waals surface area contributed by atoms with Crippen LogP contribution in [-0.2, 0) is 36.1 Å². The Morgan fingerprint density at radius 1 is 0.977 bits per heavy atom. The third kappa shape index (κ3) is 9.58. The molecule has 0 bridgehead atoms. The number of methoxy groups -OCH3 is 2. The normalized spacial score (nSPS) is 15.2. The highest BCUT2D eigenvalue weighted by Crippen LogP contribution is 2.31. The smallest absolute Gasteiger partial charge is 0.249 e. The second-order valence-electron chi connectivity index (χ2n) is 10.9. The van der Waals surface area contributed by atoms with E-state index in [1.165, 1.54) is 32.4 Å². The number of nitrogens with zero attached hydrogens (tertiary/aromatic N) is 2. The molecule has 0 aromatic heterocycles. The van der Waals surface area contributed by atoms with Gasteiger partial charge < -0.3 is 20.5 Å². The number of amides is 2. The lowest BCUT2D eigenvalue weighted by Crippen LogP contribution is -2.40. The summed E-state index contributed by atoms with van der Waals surface area (Å²) >= 11 is 0. The summed E-state index contributed by atoms with van der Waals surface area (Å²) in [6.07, 6.45) is 6.96. The molecule has 0 radical (unpaired) electrons. The van der Waals surface area contributed by atoms with Gasteiger partial charge in [-0.3, -0.25) is 14.9 Å². The highest BCUT2D eigenvalue weighted by Gasteiger charge is 2.29. The van der Waals surface area contributed by atoms with E-state index in [1.807, 2.05) is 0 Å². The van der Waals surface area contributed by atoms with Crippen molar-refractivity contribution in [2.45, 2.75) is 57.9 Å². The number of sulfonamides is 2. The Hall–Kier alpha value is -3.85. The number of benzene rings is 2. The number of carbonyl (C=O) groups is 2. The predicted octanol–water partition coefficient (Wildman–Crippen LogP) is 2.69. The number of hydrogen-bond acceptors (Lipinski definition) is 9. The number of ether oxygens (including phenoxy) is 2. The van der Waals surface area contributed by atoms with Gasteiger partial charge in [0.25, 0.3) is 0 Å². The van der Waals surface area contributed by atoms with Gasteiger partial charge in [0.2, 0.25) is 31.9 Å². The van der Waals surface area contributed by atoms with E-state index in [1.54, 1.807) is 25.1 Å². The van der Waals surface area contributed by atoms with Gasteiger partial charge in [0.15, 0.2) is 17.5 Å². The molecule has 242 valence electrons. The zero-order valence-corrected chi connectivity index (χ0v) is 27.3. The van der Waals surface area contributed by atoms with E-state index in [9.17, 15) is 26.4 Å². The van der Waals surface area contributed by atoms with Crippen molar-refractivity contribution in [3.63, 3.8) is 0 Å². The molecule has 0 unspecified atom stereocenters. The van der Waals surface area contributed by atoms with Crippen LogP contribution in [0, 0.1) is 12.8 Å². The van der Waals surface area contributed by atoms with Gasteiger partial charge in [0.1, 0.15) is 6.04 Å². The molecular formula is C29H41N5O8S2. The molecule has 2 amide bonds. The molecule has 1 atom stereocenters. The number of carbonyl (C=O) groups excluding carboxylic acids is 2. The molecular weight excluding hydrogens is 610 g/mol. The maximum absolute atomic E-state index is 13.6. The van der Waals surface area contributed by atoms with E-state index < -0.39 is 37.9 Å². The molecule has 13 nitrogen and oxygen atoms in total. The molecule has 3 rings (SSSR count). The van der Waals surface area contributed by atoms with Gasteiger partial charge in [-0.1, -0.05) is 44.2 Å². The minimum absolute atomic E-state index is 0.0285. The molecule has 2 aromatic rings. The van der Waals surface area contributed by atoms with E-state index >= 15 is 0 Å². The maximum atomic E-state index is 13.6. The van der Waals surface area contributed by atoms with Crippen molar-refractivity contribution in [2.24, 2.45) is 16.6 Å². The number of anilines is 2. The standard InChI is InChI=1S/C29H41N5O8S2/c1-19-11-13-22(34(43(4,37)38)44(5,39)40)18-23(19)31-28(36)24(15-20-9-7-6-8-10-20)32-29(30)33-27(35)17-21-12-14-25(41-2)26(16-21)42-3/h11-14,16,18,20,24H,6-10,15,17H2,1-5H3,(H,31,36)(H3,30,32,33,35)/t24-/m1/s1. The average molecular weight is 652 g/mol. The summed E-state index contributed by atoms with van der Waals surface area (Å²) in [7, 11) is -5.36. The first-order chi connectivity index (χ1) is 20.6. The fourth-order valence-electron chi connectivity index (χ4n) is 5.22. The number of aliphatic imine (C=N–C) groups is 1. The quantitative estimate of drug-likeness (QED) is 0.229. The predicted molar refractivity (Wildman–Crippen MR) is 170 cm³/mol. The molecule has 2 aromatic carbocycles.